The average molecular weight is 273 g/mol. The summed E-state index contributed by atoms with van der Waals surface area (Å²) >= 11 is 3.19. The molecule has 1 aromatic rings. The smallest absolute Gasteiger partial charge is 0.240 e. The summed E-state index contributed by atoms with van der Waals surface area (Å²) in [6, 6.07) is 3.59. The lowest BCUT2D eigenvalue weighted by Crippen LogP contribution is -2.50. The maximum absolute atomic E-state index is 11.1. The summed E-state index contributed by atoms with van der Waals surface area (Å²) in [5.74, 6) is 0.193. The molecule has 0 aliphatic carbocycles. The number of carbonyl (C=O) groups is 2. The number of piperazine rings is 1. The van der Waals surface area contributed by atoms with Gasteiger partial charge >= 0.3 is 0 Å². The van der Waals surface area contributed by atoms with Gasteiger partial charge in [0, 0.05) is 0 Å². The van der Waals surface area contributed by atoms with Gasteiger partial charge in [-0.05, 0) is 28.1 Å². The number of hydrogen-bond acceptors (Lipinski definition) is 4. The number of hydrogen-bond donors (Lipinski definition) is 1. The van der Waals surface area contributed by atoms with Crippen molar-refractivity contribution in [2.45, 2.75) is 6.54 Å². The van der Waals surface area contributed by atoms with Crippen LogP contribution in [0.1, 0.15) is 5.76 Å². The Morgan fingerprint density at radius 3 is 2.53 bits per heavy atom. The summed E-state index contributed by atoms with van der Waals surface area (Å²) < 4.78 is 5.93. The zero-order valence-electron chi connectivity index (χ0n) is 7.83. The highest BCUT2D eigenvalue weighted by Gasteiger charge is 2.22. The Morgan fingerprint density at radius 2 is 2.00 bits per heavy atom. The van der Waals surface area contributed by atoms with Crippen LogP contribution in [0.4, 0.5) is 0 Å². The van der Waals surface area contributed by atoms with Gasteiger partial charge in [-0.25, -0.2) is 0 Å². The van der Waals surface area contributed by atoms with Crippen molar-refractivity contribution in [2.24, 2.45) is 0 Å². The lowest BCUT2D eigenvalue weighted by atomic mass is 10.3. The largest absolute Gasteiger partial charge is 0.453 e. The zero-order chi connectivity index (χ0) is 10.8. The molecule has 0 unspecified atom stereocenters. The van der Waals surface area contributed by atoms with Crippen LogP contribution in [0, 0.1) is 0 Å². The minimum atomic E-state index is -0.267. The minimum Gasteiger partial charge on any atom is -0.453 e. The van der Waals surface area contributed by atoms with Crippen molar-refractivity contribution < 1.29 is 14.0 Å². The van der Waals surface area contributed by atoms with Crippen molar-refractivity contribution in [2.75, 3.05) is 13.1 Å². The van der Waals surface area contributed by atoms with Gasteiger partial charge in [-0.1, -0.05) is 0 Å². The molecule has 2 amide bonds. The summed E-state index contributed by atoms with van der Waals surface area (Å²) in [5.41, 5.74) is 0. The number of imide groups is 1. The molecule has 1 aliphatic rings. The van der Waals surface area contributed by atoms with Gasteiger partial charge in [-0.15, -0.1) is 0 Å². The highest BCUT2D eigenvalue weighted by molar-refractivity contribution is 9.10. The molecule has 0 atom stereocenters. The molecule has 1 aromatic heterocycles. The predicted octanol–water partition coefficient (Wildman–Crippen LogP) is 0.500. The lowest BCUT2D eigenvalue weighted by Gasteiger charge is -2.23. The van der Waals surface area contributed by atoms with Gasteiger partial charge < -0.3 is 4.42 Å². The average Bonchev–Trinajstić information content (AvgIpc) is 2.49. The van der Waals surface area contributed by atoms with E-state index in [2.05, 4.69) is 21.2 Å². The predicted molar refractivity (Wildman–Crippen MR) is 54.8 cm³/mol. The van der Waals surface area contributed by atoms with Crippen LogP contribution in [0.3, 0.4) is 0 Å². The molecule has 1 saturated heterocycles. The number of nitrogens with zero attached hydrogens (tertiary/aromatic N) is 1. The van der Waals surface area contributed by atoms with Gasteiger partial charge in [0.05, 0.1) is 19.6 Å². The second kappa shape index (κ2) is 4.16. The van der Waals surface area contributed by atoms with E-state index >= 15 is 0 Å². The van der Waals surface area contributed by atoms with Gasteiger partial charge in [0.2, 0.25) is 11.8 Å². The first-order valence-corrected chi connectivity index (χ1v) is 5.22. The number of rotatable bonds is 2. The van der Waals surface area contributed by atoms with Crippen LogP contribution in [0.2, 0.25) is 0 Å². The molecule has 6 heteroatoms. The van der Waals surface area contributed by atoms with Crippen LogP contribution in [0.25, 0.3) is 0 Å². The first kappa shape index (κ1) is 10.4. The number of nitrogens with one attached hydrogen (secondary N) is 1. The van der Waals surface area contributed by atoms with Crippen molar-refractivity contribution >= 4 is 27.7 Å². The second-order valence-electron chi connectivity index (χ2n) is 3.32. The van der Waals surface area contributed by atoms with E-state index in [1.807, 2.05) is 0 Å². The van der Waals surface area contributed by atoms with Crippen LogP contribution in [-0.4, -0.2) is 29.8 Å². The molecule has 80 valence electrons. The molecular weight excluding hydrogens is 264 g/mol. The molecule has 5 nitrogen and oxygen atoms in total. The highest BCUT2D eigenvalue weighted by Crippen LogP contribution is 2.15. The topological polar surface area (TPSA) is 62.6 Å². The molecule has 1 fully saturated rings. The Bertz CT molecular complexity index is 386. The van der Waals surface area contributed by atoms with Crippen LogP contribution in [0.5, 0.6) is 0 Å². The second-order valence-corrected chi connectivity index (χ2v) is 4.10. The number of amides is 2. The molecule has 0 radical (unpaired) electrons. The Balaban J connectivity index is 2.00. The molecule has 0 aromatic carbocycles. The third-order valence-corrected chi connectivity index (χ3v) is 2.45. The molecule has 2 heterocycles. The summed E-state index contributed by atoms with van der Waals surface area (Å²) in [7, 11) is 0. The monoisotopic (exact) mass is 272 g/mol. The number of halogens is 1. The standard InChI is InChI=1S/C9H9BrN2O3/c10-7-2-1-6(15-7)3-12-4-8(13)11-9(14)5-12/h1-2H,3-5H2,(H,11,13,14). The summed E-state index contributed by atoms with van der Waals surface area (Å²) in [5, 5.41) is 2.24. The Morgan fingerprint density at radius 1 is 1.33 bits per heavy atom. The van der Waals surface area contributed by atoms with Crippen molar-refractivity contribution in [3.05, 3.63) is 22.6 Å². The Labute approximate surface area is 94.5 Å². The third-order valence-electron chi connectivity index (χ3n) is 2.02. The first-order valence-electron chi connectivity index (χ1n) is 4.43. The minimum absolute atomic E-state index is 0.226. The molecule has 0 spiro atoms. The molecule has 0 saturated carbocycles. The van der Waals surface area contributed by atoms with Crippen molar-refractivity contribution in [1.82, 2.24) is 10.2 Å². The van der Waals surface area contributed by atoms with Gasteiger partial charge in [0.1, 0.15) is 5.76 Å². The van der Waals surface area contributed by atoms with Crippen molar-refractivity contribution in [3.63, 3.8) is 0 Å². The Hall–Kier alpha value is -1.14. The fourth-order valence-corrected chi connectivity index (χ4v) is 1.81. The molecule has 2 rings (SSSR count). The first-order chi connectivity index (χ1) is 7.13. The van der Waals surface area contributed by atoms with Crippen LogP contribution >= 0.6 is 15.9 Å². The fourth-order valence-electron chi connectivity index (χ4n) is 1.47. The van der Waals surface area contributed by atoms with E-state index < -0.39 is 0 Å². The quantitative estimate of drug-likeness (QED) is 0.797. The van der Waals surface area contributed by atoms with E-state index in [4.69, 9.17) is 4.42 Å². The summed E-state index contributed by atoms with van der Waals surface area (Å²) in [6.07, 6.45) is 0. The molecule has 1 N–H and O–H groups in total. The lowest BCUT2D eigenvalue weighted by molar-refractivity contribution is -0.136. The van der Waals surface area contributed by atoms with E-state index in [9.17, 15) is 9.59 Å². The van der Waals surface area contributed by atoms with Crippen molar-refractivity contribution in [1.29, 1.82) is 0 Å². The van der Waals surface area contributed by atoms with E-state index in [-0.39, 0.29) is 24.9 Å². The van der Waals surface area contributed by atoms with Gasteiger partial charge in [-0.2, -0.15) is 0 Å². The van der Waals surface area contributed by atoms with Gasteiger partial charge in [0.15, 0.2) is 4.67 Å². The van der Waals surface area contributed by atoms with E-state index in [1.54, 1.807) is 17.0 Å². The van der Waals surface area contributed by atoms with Gasteiger partial charge in [0.25, 0.3) is 0 Å². The fraction of sp³-hybridized carbons (Fsp3) is 0.333. The Kier molecular flexibility index (Phi) is 2.88. The number of carbonyl (C=O) groups excluding carboxylic acids is 2. The normalized spacial score (nSPS) is 17.9. The zero-order valence-corrected chi connectivity index (χ0v) is 9.41. The number of furan rings is 1. The summed E-state index contributed by atoms with van der Waals surface area (Å²) in [4.78, 5) is 23.9. The van der Waals surface area contributed by atoms with Crippen LogP contribution in [0.15, 0.2) is 21.2 Å². The SMILES string of the molecule is O=C1CN(Cc2ccc(Br)o2)CC(=O)N1. The maximum Gasteiger partial charge on any atom is 0.240 e. The van der Waals surface area contributed by atoms with E-state index in [0.29, 0.717) is 11.2 Å². The maximum atomic E-state index is 11.1. The van der Waals surface area contributed by atoms with Crippen molar-refractivity contribution in [3.8, 4) is 0 Å². The van der Waals surface area contributed by atoms with Gasteiger partial charge in [-0.3, -0.25) is 19.8 Å². The molecule has 1 aliphatic heterocycles. The van der Waals surface area contributed by atoms with E-state index in [0.717, 1.165) is 5.76 Å². The highest BCUT2D eigenvalue weighted by atomic mass is 79.9. The molecular formula is C9H9BrN2O3. The molecule has 15 heavy (non-hydrogen) atoms. The van der Waals surface area contributed by atoms with Crippen LogP contribution in [-0.2, 0) is 16.1 Å². The van der Waals surface area contributed by atoms with Crippen LogP contribution < -0.4 is 5.32 Å². The van der Waals surface area contributed by atoms with E-state index in [1.165, 1.54) is 0 Å². The molecule has 0 bridgehead atoms. The summed E-state index contributed by atoms with van der Waals surface area (Å²) in [6.45, 7) is 0.916. The third kappa shape index (κ3) is 2.66.